The number of methoxy groups -OCH3 is 1. The summed E-state index contributed by atoms with van der Waals surface area (Å²) in [5.74, 6) is -0.0956. The van der Waals surface area contributed by atoms with Crippen LogP contribution in [0.4, 0.5) is 5.00 Å². The van der Waals surface area contributed by atoms with Crippen LogP contribution in [0.15, 0.2) is 18.2 Å². The molecule has 1 aromatic heterocycles. The molecule has 0 aliphatic heterocycles. The van der Waals surface area contributed by atoms with Crippen molar-refractivity contribution < 1.29 is 19.1 Å². The average molecular weight is 347 g/mol. The Morgan fingerprint density at radius 1 is 1.12 bits per heavy atom. The second kappa shape index (κ2) is 7.49. The number of carbonyl (C=O) groups is 2. The number of hydrogen-bond donors (Lipinski definition) is 1. The van der Waals surface area contributed by atoms with Crippen LogP contribution in [0.2, 0.25) is 0 Å². The molecular formula is C18H21NO4S. The topological polar surface area (TPSA) is 64.6 Å². The lowest BCUT2D eigenvalue weighted by Crippen LogP contribution is -2.21. The van der Waals surface area contributed by atoms with E-state index < -0.39 is 5.97 Å². The van der Waals surface area contributed by atoms with Gasteiger partial charge in [-0.2, -0.15) is 0 Å². The zero-order chi connectivity index (χ0) is 17.9. The highest BCUT2D eigenvalue weighted by molar-refractivity contribution is 7.16. The number of carbonyl (C=O) groups excluding carboxylic acids is 2. The number of benzene rings is 1. The largest absolute Gasteiger partial charge is 0.483 e. The third kappa shape index (κ3) is 3.76. The fraction of sp³-hybridized carbons (Fsp3) is 0.333. The Hall–Kier alpha value is -2.34. The van der Waals surface area contributed by atoms with Crippen molar-refractivity contribution in [3.05, 3.63) is 45.3 Å². The van der Waals surface area contributed by atoms with Gasteiger partial charge in [0.15, 0.2) is 6.61 Å². The van der Waals surface area contributed by atoms with Crippen molar-refractivity contribution in [1.29, 1.82) is 0 Å². The van der Waals surface area contributed by atoms with Gasteiger partial charge in [-0.25, -0.2) is 4.79 Å². The van der Waals surface area contributed by atoms with E-state index in [1.165, 1.54) is 18.4 Å². The Bertz CT molecular complexity index is 780. The third-order valence-electron chi connectivity index (χ3n) is 3.94. The van der Waals surface area contributed by atoms with Gasteiger partial charge in [0.25, 0.3) is 5.91 Å². The zero-order valence-corrected chi connectivity index (χ0v) is 15.3. The van der Waals surface area contributed by atoms with Gasteiger partial charge in [-0.05, 0) is 50.5 Å². The van der Waals surface area contributed by atoms with Crippen LogP contribution in [0.1, 0.15) is 31.9 Å². The average Bonchev–Trinajstić information content (AvgIpc) is 2.82. The highest BCUT2D eigenvalue weighted by Gasteiger charge is 2.21. The van der Waals surface area contributed by atoms with Gasteiger partial charge in [-0.3, -0.25) is 4.79 Å². The molecule has 1 amide bonds. The van der Waals surface area contributed by atoms with Crippen molar-refractivity contribution in [2.24, 2.45) is 0 Å². The zero-order valence-electron chi connectivity index (χ0n) is 14.5. The van der Waals surface area contributed by atoms with Crippen LogP contribution in [0.25, 0.3) is 0 Å². The Labute approximate surface area is 145 Å². The molecule has 0 aliphatic rings. The molecule has 1 aromatic carbocycles. The minimum absolute atomic E-state index is 0.124. The smallest absolute Gasteiger partial charge is 0.341 e. The van der Waals surface area contributed by atoms with Crippen LogP contribution in [0, 0.1) is 27.7 Å². The number of amides is 1. The number of hydrogen-bond acceptors (Lipinski definition) is 5. The summed E-state index contributed by atoms with van der Waals surface area (Å²) in [6, 6.07) is 5.70. The maximum atomic E-state index is 12.2. The predicted octanol–water partition coefficient (Wildman–Crippen LogP) is 3.79. The molecule has 0 radical (unpaired) electrons. The minimum Gasteiger partial charge on any atom is -0.483 e. The first-order valence-corrected chi connectivity index (χ1v) is 8.34. The monoisotopic (exact) mass is 347 g/mol. The van der Waals surface area contributed by atoms with Crippen molar-refractivity contribution in [3.8, 4) is 5.75 Å². The summed E-state index contributed by atoms with van der Waals surface area (Å²) >= 11 is 1.35. The molecule has 1 N–H and O–H groups in total. The predicted molar refractivity (Wildman–Crippen MR) is 95.2 cm³/mol. The SMILES string of the molecule is COC(=O)c1c(NC(=O)COc2cccc(C)c2C)sc(C)c1C. The molecule has 0 atom stereocenters. The van der Waals surface area contributed by atoms with E-state index in [1.54, 1.807) is 0 Å². The van der Waals surface area contributed by atoms with Crippen LogP contribution in [0.5, 0.6) is 5.75 Å². The van der Waals surface area contributed by atoms with Crippen molar-refractivity contribution in [1.82, 2.24) is 0 Å². The summed E-state index contributed by atoms with van der Waals surface area (Å²) in [6.45, 7) is 7.54. The van der Waals surface area contributed by atoms with Gasteiger partial charge in [-0.15, -0.1) is 11.3 Å². The Morgan fingerprint density at radius 3 is 2.50 bits per heavy atom. The van der Waals surface area contributed by atoms with E-state index >= 15 is 0 Å². The van der Waals surface area contributed by atoms with Gasteiger partial charge in [0.2, 0.25) is 0 Å². The quantitative estimate of drug-likeness (QED) is 0.836. The van der Waals surface area contributed by atoms with Crippen molar-refractivity contribution >= 4 is 28.2 Å². The number of thiophene rings is 1. The lowest BCUT2D eigenvalue weighted by molar-refractivity contribution is -0.118. The molecular weight excluding hydrogens is 326 g/mol. The highest BCUT2D eigenvalue weighted by atomic mass is 32.1. The maximum absolute atomic E-state index is 12.2. The van der Waals surface area contributed by atoms with Gasteiger partial charge in [0, 0.05) is 4.88 Å². The molecule has 6 heteroatoms. The van der Waals surface area contributed by atoms with Crippen LogP contribution in [0.3, 0.4) is 0 Å². The fourth-order valence-corrected chi connectivity index (χ4v) is 3.31. The molecule has 5 nitrogen and oxygen atoms in total. The second-order valence-corrected chi connectivity index (χ2v) is 6.74. The molecule has 0 spiro atoms. The fourth-order valence-electron chi connectivity index (χ4n) is 2.25. The molecule has 128 valence electrons. The number of aryl methyl sites for hydroxylation is 2. The van der Waals surface area contributed by atoms with E-state index in [4.69, 9.17) is 9.47 Å². The van der Waals surface area contributed by atoms with Gasteiger partial charge >= 0.3 is 5.97 Å². The first kappa shape index (κ1) is 18.0. The van der Waals surface area contributed by atoms with E-state index in [1.807, 2.05) is 45.9 Å². The lowest BCUT2D eigenvalue weighted by atomic mass is 10.1. The molecule has 1 heterocycles. The third-order valence-corrected chi connectivity index (χ3v) is 5.06. The molecule has 2 aromatic rings. The molecule has 24 heavy (non-hydrogen) atoms. The standard InChI is InChI=1S/C18H21NO4S/c1-10-7-6-8-14(11(10)2)23-9-15(20)19-17-16(18(21)22-5)12(3)13(4)24-17/h6-8H,9H2,1-5H3,(H,19,20). The molecule has 0 bridgehead atoms. The second-order valence-electron chi connectivity index (χ2n) is 5.51. The van der Waals surface area contributed by atoms with Gasteiger partial charge in [0.05, 0.1) is 12.7 Å². The van der Waals surface area contributed by atoms with Crippen molar-refractivity contribution in [2.45, 2.75) is 27.7 Å². The van der Waals surface area contributed by atoms with E-state index in [0.717, 1.165) is 21.6 Å². The lowest BCUT2D eigenvalue weighted by Gasteiger charge is -2.11. The molecule has 0 fully saturated rings. The van der Waals surface area contributed by atoms with Crippen LogP contribution < -0.4 is 10.1 Å². The molecule has 0 unspecified atom stereocenters. The summed E-state index contributed by atoms with van der Waals surface area (Å²) < 4.78 is 10.4. The number of nitrogens with one attached hydrogen (secondary N) is 1. The maximum Gasteiger partial charge on any atom is 0.341 e. The van der Waals surface area contributed by atoms with Crippen molar-refractivity contribution in [2.75, 3.05) is 19.0 Å². The first-order chi connectivity index (χ1) is 11.3. The normalized spacial score (nSPS) is 10.4. The summed E-state index contributed by atoms with van der Waals surface area (Å²) in [7, 11) is 1.32. The summed E-state index contributed by atoms with van der Waals surface area (Å²) in [5.41, 5.74) is 3.33. The van der Waals surface area contributed by atoms with Gasteiger partial charge in [-0.1, -0.05) is 12.1 Å². The molecule has 0 saturated heterocycles. The minimum atomic E-state index is -0.456. The Kier molecular flexibility index (Phi) is 5.62. The highest BCUT2D eigenvalue weighted by Crippen LogP contribution is 2.33. The van der Waals surface area contributed by atoms with E-state index in [2.05, 4.69) is 5.32 Å². The summed E-state index contributed by atoms with van der Waals surface area (Å²) in [5, 5.41) is 3.24. The number of rotatable bonds is 5. The Balaban J connectivity index is 2.09. The van der Waals surface area contributed by atoms with Gasteiger partial charge in [0.1, 0.15) is 10.8 Å². The number of anilines is 1. The van der Waals surface area contributed by atoms with E-state index in [-0.39, 0.29) is 12.5 Å². The first-order valence-electron chi connectivity index (χ1n) is 7.52. The van der Waals surface area contributed by atoms with Crippen LogP contribution in [-0.4, -0.2) is 25.6 Å². The number of ether oxygens (including phenoxy) is 2. The molecule has 2 rings (SSSR count). The summed E-state index contributed by atoms with van der Waals surface area (Å²) in [6.07, 6.45) is 0. The Morgan fingerprint density at radius 2 is 1.83 bits per heavy atom. The van der Waals surface area contributed by atoms with Crippen LogP contribution >= 0.6 is 11.3 Å². The van der Waals surface area contributed by atoms with Crippen LogP contribution in [-0.2, 0) is 9.53 Å². The van der Waals surface area contributed by atoms with E-state index in [0.29, 0.717) is 16.3 Å². The number of esters is 1. The van der Waals surface area contributed by atoms with Gasteiger partial charge < -0.3 is 14.8 Å². The van der Waals surface area contributed by atoms with E-state index in [9.17, 15) is 9.59 Å². The summed E-state index contributed by atoms with van der Waals surface area (Å²) in [4.78, 5) is 25.1. The molecule has 0 aliphatic carbocycles. The van der Waals surface area contributed by atoms with Crippen molar-refractivity contribution in [3.63, 3.8) is 0 Å². The molecule has 0 saturated carbocycles.